The summed E-state index contributed by atoms with van der Waals surface area (Å²) in [6.07, 6.45) is 2.37. The summed E-state index contributed by atoms with van der Waals surface area (Å²) in [5, 5.41) is 3.45. The van der Waals surface area contributed by atoms with Crippen LogP contribution < -0.4 is 20.1 Å². The predicted molar refractivity (Wildman–Crippen MR) is 209 cm³/mol. The van der Waals surface area contributed by atoms with Crippen LogP contribution in [0.3, 0.4) is 0 Å². The van der Waals surface area contributed by atoms with Crippen LogP contribution in [0.25, 0.3) is 0 Å². The van der Waals surface area contributed by atoms with Gasteiger partial charge in [0.1, 0.15) is 11.5 Å². The second-order valence-corrected chi connectivity index (χ2v) is 13.6. The number of ether oxygens (including phenoxy) is 2. The Morgan fingerprint density at radius 3 is 1.58 bits per heavy atom. The van der Waals surface area contributed by atoms with Gasteiger partial charge in [0.25, 0.3) is 5.24 Å². The summed E-state index contributed by atoms with van der Waals surface area (Å²) in [5.74, 6) is 0.856. The highest BCUT2D eigenvalue weighted by molar-refractivity contribution is 8.15. The van der Waals surface area contributed by atoms with Gasteiger partial charge in [0.15, 0.2) is 0 Å². The van der Waals surface area contributed by atoms with E-state index in [9.17, 15) is 14.4 Å². The molecular weight excluding hydrogens is 700 g/mol. The molecule has 0 saturated carbocycles. The fraction of sp³-hybridized carbons (Fsp3) is 0.325. The molecule has 2 N–H and O–H groups in total. The second kappa shape index (κ2) is 21.0. The monoisotopic (exact) mass is 751 g/mol. The Labute approximate surface area is 321 Å². The third-order valence-electron chi connectivity index (χ3n) is 7.63. The number of carbonyl (C=O) groups is 3. The SMILES string of the molecule is C.F.[2H]C([2H])(C)c1ccc(CCOc2ccc(CC3SC(=O)NC3=O)cc2)nc1.[2H]C1(Cc2ccc(OCCc3ccc(C([2H])([2H])C)cn3)cc2)SC(=C)NC1=O. The number of hydrogen-bond donors (Lipinski definition) is 2. The van der Waals surface area contributed by atoms with Crippen molar-refractivity contribution in [3.05, 3.63) is 130 Å². The minimum absolute atomic E-state index is 0. The Balaban J connectivity index is 0.000000295. The Bertz CT molecular complexity index is 1980. The molecule has 2 aromatic heterocycles. The van der Waals surface area contributed by atoms with Crippen LogP contribution in [0.15, 0.2) is 96.8 Å². The van der Waals surface area contributed by atoms with E-state index in [0.717, 1.165) is 51.8 Å². The molecule has 2 fully saturated rings. The number of halogens is 1. The number of aryl methyl sites for hydroxylation is 2. The van der Waals surface area contributed by atoms with E-state index in [1.807, 2.05) is 60.7 Å². The largest absolute Gasteiger partial charge is 0.493 e. The quantitative estimate of drug-likeness (QED) is 0.135. The first-order valence-electron chi connectivity index (χ1n) is 18.5. The third-order valence-corrected chi connectivity index (χ3v) is 9.54. The average Bonchev–Trinajstić information content (AvgIpc) is 3.58. The van der Waals surface area contributed by atoms with Gasteiger partial charge < -0.3 is 14.8 Å². The van der Waals surface area contributed by atoms with E-state index in [4.69, 9.17) is 16.3 Å². The van der Waals surface area contributed by atoms with E-state index >= 15 is 0 Å². The van der Waals surface area contributed by atoms with Crippen LogP contribution in [-0.4, -0.2) is 50.7 Å². The van der Waals surface area contributed by atoms with E-state index < -0.39 is 18.0 Å². The van der Waals surface area contributed by atoms with Gasteiger partial charge in [-0.3, -0.25) is 34.4 Å². The van der Waals surface area contributed by atoms with Crippen molar-refractivity contribution in [2.45, 2.75) is 70.2 Å². The summed E-state index contributed by atoms with van der Waals surface area (Å²) < 4.78 is 50.4. The molecule has 52 heavy (non-hydrogen) atoms. The van der Waals surface area contributed by atoms with E-state index in [1.54, 1.807) is 24.5 Å². The molecule has 2 unspecified atom stereocenters. The molecule has 2 aliphatic rings. The molecule has 0 bridgehead atoms. The molecule has 2 atom stereocenters. The van der Waals surface area contributed by atoms with Crippen LogP contribution in [-0.2, 0) is 48.0 Å². The average molecular weight is 752 g/mol. The summed E-state index contributed by atoms with van der Waals surface area (Å²) in [7, 11) is 0. The van der Waals surface area contributed by atoms with Crippen molar-refractivity contribution in [2.24, 2.45) is 0 Å². The lowest BCUT2D eigenvalue weighted by molar-refractivity contribution is -0.119. The second-order valence-electron chi connectivity index (χ2n) is 11.2. The van der Waals surface area contributed by atoms with Gasteiger partial charge >= 0.3 is 0 Å². The summed E-state index contributed by atoms with van der Waals surface area (Å²) in [4.78, 5) is 43.3. The number of rotatable bonds is 14. The van der Waals surface area contributed by atoms with Crippen LogP contribution >= 0.6 is 23.5 Å². The van der Waals surface area contributed by atoms with Gasteiger partial charge in [-0.1, -0.05) is 87.8 Å². The third kappa shape index (κ3) is 12.8. The number of aromatic nitrogens is 2. The fourth-order valence-electron chi connectivity index (χ4n) is 4.87. The molecule has 276 valence electrons. The fourth-order valence-corrected chi connectivity index (χ4v) is 6.56. The highest BCUT2D eigenvalue weighted by Crippen LogP contribution is 2.28. The molecule has 0 aliphatic carbocycles. The molecule has 6 rings (SSSR count). The van der Waals surface area contributed by atoms with E-state index in [2.05, 4.69) is 27.2 Å². The summed E-state index contributed by atoms with van der Waals surface area (Å²) in [6.45, 7) is 7.62. The van der Waals surface area contributed by atoms with Crippen molar-refractivity contribution in [1.82, 2.24) is 20.6 Å². The number of pyridine rings is 2. The lowest BCUT2D eigenvalue weighted by atomic mass is 10.1. The van der Waals surface area contributed by atoms with Gasteiger partial charge in [-0.05, 0) is 84.2 Å². The van der Waals surface area contributed by atoms with Crippen LogP contribution in [0, 0.1) is 0 Å². The Hall–Kier alpha value is -4.68. The number of hydrogen-bond acceptors (Lipinski definition) is 9. The van der Waals surface area contributed by atoms with Crippen molar-refractivity contribution in [3.8, 4) is 11.5 Å². The van der Waals surface area contributed by atoms with E-state index in [0.29, 0.717) is 60.8 Å². The Morgan fingerprint density at radius 2 is 1.19 bits per heavy atom. The van der Waals surface area contributed by atoms with Crippen molar-refractivity contribution < 1.29 is 35.4 Å². The first-order chi connectivity index (χ1) is 26.0. The molecule has 2 saturated heterocycles. The normalized spacial score (nSPS) is 19.5. The molecule has 4 aromatic rings. The number of nitrogens with one attached hydrogen (secondary N) is 2. The number of imide groups is 1. The number of amides is 3. The Morgan fingerprint density at radius 1 is 0.712 bits per heavy atom. The maximum atomic E-state index is 11.9. The smallest absolute Gasteiger partial charge is 0.286 e. The van der Waals surface area contributed by atoms with Crippen LogP contribution in [0.2, 0.25) is 0 Å². The van der Waals surface area contributed by atoms with Crippen LogP contribution in [0.4, 0.5) is 9.50 Å². The molecule has 0 spiro atoms. The lowest BCUT2D eigenvalue weighted by Crippen LogP contribution is -2.25. The van der Waals surface area contributed by atoms with Gasteiger partial charge in [0, 0.05) is 42.1 Å². The van der Waals surface area contributed by atoms with Crippen LogP contribution in [0.1, 0.15) is 61.8 Å². The van der Waals surface area contributed by atoms with Gasteiger partial charge in [0.2, 0.25) is 11.8 Å². The van der Waals surface area contributed by atoms with Crippen molar-refractivity contribution in [3.63, 3.8) is 0 Å². The van der Waals surface area contributed by atoms with Gasteiger partial charge in [-0.25, -0.2) is 0 Å². The minimum atomic E-state index is -1.40. The molecule has 2 aromatic carbocycles. The lowest BCUT2D eigenvalue weighted by Gasteiger charge is -2.09. The number of benzene rings is 2. The van der Waals surface area contributed by atoms with E-state index in [1.165, 1.54) is 13.8 Å². The highest BCUT2D eigenvalue weighted by Gasteiger charge is 2.31. The number of nitrogens with zero attached hydrogens (tertiary/aromatic N) is 2. The van der Waals surface area contributed by atoms with Crippen molar-refractivity contribution >= 4 is 40.6 Å². The van der Waals surface area contributed by atoms with E-state index in [-0.39, 0.29) is 34.4 Å². The standard InChI is InChI=1S/C20H22N2O2S.C19H20N2O3S.CH4.FH/c1-3-15-4-7-17(21-13-15)10-11-24-18-8-5-16(6-9-18)12-19-20(23)22-14(2)25-19;1-2-13-3-6-15(20-12-13)9-10-24-16-7-4-14(5-8-16)11-17-18(22)21-19(23)25-17;;/h4-9,13,19H,2-3,10-12H2,1H3,(H,22,23);3-8,12,17H,2,9-11H2,1H3,(H,21,22,23);1H4;1H/i3D2,19D;2D2;;. The summed E-state index contributed by atoms with van der Waals surface area (Å²) in [6, 6.07) is 22.0. The molecule has 9 nitrogen and oxygen atoms in total. The first-order valence-corrected chi connectivity index (χ1v) is 17.7. The van der Waals surface area contributed by atoms with Crippen LogP contribution in [0.5, 0.6) is 11.5 Å². The zero-order valence-corrected chi connectivity index (χ0v) is 29.9. The van der Waals surface area contributed by atoms with Crippen molar-refractivity contribution in [2.75, 3.05) is 13.2 Å². The minimum Gasteiger partial charge on any atom is -0.493 e. The maximum absolute atomic E-state index is 11.9. The molecule has 2 aliphatic heterocycles. The maximum Gasteiger partial charge on any atom is 0.286 e. The molecule has 12 heteroatoms. The summed E-state index contributed by atoms with van der Waals surface area (Å²) in [5.41, 5.74) is 4.64. The molecule has 4 heterocycles. The van der Waals surface area contributed by atoms with Gasteiger partial charge in [-0.15, -0.1) is 0 Å². The van der Waals surface area contributed by atoms with Crippen molar-refractivity contribution in [1.29, 1.82) is 0 Å². The highest BCUT2D eigenvalue weighted by atomic mass is 32.2. The Kier molecular flexibility index (Phi) is 13.9. The molecule has 0 radical (unpaired) electrons. The number of carbonyl (C=O) groups excluding carboxylic acids is 3. The van der Waals surface area contributed by atoms with Gasteiger partial charge in [-0.2, -0.15) is 0 Å². The first kappa shape index (κ1) is 34.4. The number of thioether (sulfide) groups is 2. The molecule has 3 amide bonds. The van der Waals surface area contributed by atoms with Gasteiger partial charge in [0.05, 0.1) is 30.1 Å². The summed E-state index contributed by atoms with van der Waals surface area (Å²) >= 11 is 2.16. The zero-order valence-electron chi connectivity index (χ0n) is 33.3. The zero-order chi connectivity index (χ0) is 39.8. The predicted octanol–water partition coefficient (Wildman–Crippen LogP) is 7.46. The molecular formula is C40H47FN4O5S2. The topological polar surface area (TPSA) is 120 Å².